The van der Waals surface area contributed by atoms with E-state index in [1.807, 2.05) is 30.3 Å². The third-order valence-corrected chi connectivity index (χ3v) is 4.53. The molecule has 118 valence electrons. The van der Waals surface area contributed by atoms with Gasteiger partial charge in [0, 0.05) is 11.9 Å². The van der Waals surface area contributed by atoms with Crippen LogP contribution in [0.3, 0.4) is 0 Å². The SMILES string of the molecule is N#Cc1nnc2cc(-c3ccccc3)ccc2c1NCCC1CC1. The molecule has 1 aromatic heterocycles. The molecule has 1 fully saturated rings. The zero-order valence-corrected chi connectivity index (χ0v) is 13.4. The molecule has 4 nitrogen and oxygen atoms in total. The molecule has 0 atom stereocenters. The summed E-state index contributed by atoms with van der Waals surface area (Å²) in [6.45, 7) is 0.876. The average molecular weight is 314 g/mol. The molecule has 2 aromatic carbocycles. The second-order valence-electron chi connectivity index (χ2n) is 6.29. The van der Waals surface area contributed by atoms with Crippen molar-refractivity contribution in [3.63, 3.8) is 0 Å². The number of anilines is 1. The van der Waals surface area contributed by atoms with Gasteiger partial charge in [-0.15, -0.1) is 10.2 Å². The van der Waals surface area contributed by atoms with Crippen molar-refractivity contribution < 1.29 is 0 Å². The van der Waals surface area contributed by atoms with Crippen molar-refractivity contribution in [2.24, 2.45) is 5.92 Å². The molecule has 1 N–H and O–H groups in total. The van der Waals surface area contributed by atoms with Crippen molar-refractivity contribution in [1.29, 1.82) is 5.26 Å². The van der Waals surface area contributed by atoms with Crippen LogP contribution < -0.4 is 5.32 Å². The van der Waals surface area contributed by atoms with Crippen LogP contribution in [-0.2, 0) is 0 Å². The molecule has 1 heterocycles. The fourth-order valence-corrected chi connectivity index (χ4v) is 2.98. The number of hydrogen-bond donors (Lipinski definition) is 1. The Kier molecular flexibility index (Phi) is 3.84. The first-order chi connectivity index (χ1) is 11.8. The molecular formula is C20H18N4. The molecule has 4 rings (SSSR count). The number of nitrogens with one attached hydrogen (secondary N) is 1. The fraction of sp³-hybridized carbons (Fsp3) is 0.250. The maximum Gasteiger partial charge on any atom is 0.186 e. The van der Waals surface area contributed by atoms with Gasteiger partial charge in [-0.25, -0.2) is 0 Å². The summed E-state index contributed by atoms with van der Waals surface area (Å²) in [5.41, 5.74) is 4.23. The van der Waals surface area contributed by atoms with Crippen molar-refractivity contribution in [2.75, 3.05) is 11.9 Å². The van der Waals surface area contributed by atoms with Crippen molar-refractivity contribution in [1.82, 2.24) is 10.2 Å². The maximum atomic E-state index is 9.34. The zero-order chi connectivity index (χ0) is 16.4. The number of nitrogens with zero attached hydrogens (tertiary/aromatic N) is 3. The van der Waals surface area contributed by atoms with Gasteiger partial charge < -0.3 is 5.32 Å². The Balaban J connectivity index is 1.71. The molecule has 0 bridgehead atoms. The quantitative estimate of drug-likeness (QED) is 0.759. The van der Waals surface area contributed by atoms with E-state index in [-0.39, 0.29) is 0 Å². The number of aromatic nitrogens is 2. The summed E-state index contributed by atoms with van der Waals surface area (Å²) in [5, 5.41) is 22.0. The summed E-state index contributed by atoms with van der Waals surface area (Å²) in [6.07, 6.45) is 3.82. The van der Waals surface area contributed by atoms with Crippen LogP contribution in [0.2, 0.25) is 0 Å². The Hall–Kier alpha value is -2.93. The minimum atomic E-state index is 0.366. The second-order valence-corrected chi connectivity index (χ2v) is 6.29. The molecule has 0 saturated heterocycles. The Bertz CT molecular complexity index is 908. The van der Waals surface area contributed by atoms with Crippen LogP contribution in [-0.4, -0.2) is 16.7 Å². The van der Waals surface area contributed by atoms with E-state index in [2.05, 4.69) is 39.8 Å². The highest BCUT2D eigenvalue weighted by Gasteiger charge is 2.20. The minimum Gasteiger partial charge on any atom is -0.382 e. The van der Waals surface area contributed by atoms with Gasteiger partial charge in [0.05, 0.1) is 11.2 Å². The van der Waals surface area contributed by atoms with E-state index < -0.39 is 0 Å². The Morgan fingerprint density at radius 2 is 1.88 bits per heavy atom. The van der Waals surface area contributed by atoms with Gasteiger partial charge in [0.2, 0.25) is 0 Å². The van der Waals surface area contributed by atoms with E-state index in [1.165, 1.54) is 12.8 Å². The number of benzene rings is 2. The van der Waals surface area contributed by atoms with E-state index in [4.69, 9.17) is 0 Å². The summed E-state index contributed by atoms with van der Waals surface area (Å²) < 4.78 is 0. The third kappa shape index (κ3) is 2.93. The second kappa shape index (κ2) is 6.29. The molecule has 1 aliphatic carbocycles. The van der Waals surface area contributed by atoms with Crippen LogP contribution in [0.1, 0.15) is 25.0 Å². The predicted octanol–water partition coefficient (Wildman–Crippen LogP) is 4.38. The van der Waals surface area contributed by atoms with Crippen molar-refractivity contribution in [2.45, 2.75) is 19.3 Å². The average Bonchev–Trinajstić information content (AvgIpc) is 3.46. The van der Waals surface area contributed by atoms with E-state index in [9.17, 15) is 5.26 Å². The van der Waals surface area contributed by atoms with Gasteiger partial charge >= 0.3 is 0 Å². The molecule has 0 amide bonds. The first-order valence-corrected chi connectivity index (χ1v) is 8.35. The number of rotatable bonds is 5. The van der Waals surface area contributed by atoms with Gasteiger partial charge in [0.1, 0.15) is 6.07 Å². The summed E-state index contributed by atoms with van der Waals surface area (Å²) >= 11 is 0. The smallest absolute Gasteiger partial charge is 0.186 e. The Morgan fingerprint density at radius 1 is 1.04 bits per heavy atom. The van der Waals surface area contributed by atoms with Crippen LogP contribution >= 0.6 is 0 Å². The fourth-order valence-electron chi connectivity index (χ4n) is 2.98. The predicted molar refractivity (Wildman–Crippen MR) is 95.5 cm³/mol. The highest BCUT2D eigenvalue weighted by atomic mass is 15.1. The molecule has 24 heavy (non-hydrogen) atoms. The summed E-state index contributed by atoms with van der Waals surface area (Å²) in [4.78, 5) is 0. The molecule has 0 unspecified atom stereocenters. The molecule has 0 aliphatic heterocycles. The lowest BCUT2D eigenvalue weighted by molar-refractivity contribution is 0.760. The molecule has 3 aromatic rings. The highest BCUT2D eigenvalue weighted by Crippen LogP contribution is 2.33. The minimum absolute atomic E-state index is 0.366. The van der Waals surface area contributed by atoms with Gasteiger partial charge in [0.15, 0.2) is 5.69 Å². The van der Waals surface area contributed by atoms with Gasteiger partial charge in [-0.3, -0.25) is 0 Å². The zero-order valence-electron chi connectivity index (χ0n) is 13.4. The van der Waals surface area contributed by atoms with E-state index >= 15 is 0 Å². The number of fused-ring (bicyclic) bond motifs is 1. The number of hydrogen-bond acceptors (Lipinski definition) is 4. The van der Waals surface area contributed by atoms with E-state index in [0.717, 1.165) is 46.6 Å². The monoisotopic (exact) mass is 314 g/mol. The largest absolute Gasteiger partial charge is 0.382 e. The Morgan fingerprint density at radius 3 is 2.62 bits per heavy atom. The topological polar surface area (TPSA) is 61.6 Å². The van der Waals surface area contributed by atoms with Gasteiger partial charge in [-0.2, -0.15) is 5.26 Å². The molecule has 1 aliphatic rings. The molecule has 0 radical (unpaired) electrons. The Labute approximate surface area is 141 Å². The van der Waals surface area contributed by atoms with Crippen LogP contribution in [0.15, 0.2) is 48.5 Å². The molecule has 4 heteroatoms. The van der Waals surface area contributed by atoms with Crippen LogP contribution in [0.25, 0.3) is 22.0 Å². The van der Waals surface area contributed by atoms with Crippen LogP contribution in [0.5, 0.6) is 0 Å². The molecule has 1 saturated carbocycles. The van der Waals surface area contributed by atoms with Crippen LogP contribution in [0, 0.1) is 17.2 Å². The third-order valence-electron chi connectivity index (χ3n) is 4.53. The standard InChI is InChI=1S/C20H18N4/c21-13-19-20(22-11-10-14-6-7-14)17-9-8-16(12-18(17)23-24-19)15-4-2-1-3-5-15/h1-5,8-9,12,14H,6-7,10-11H2,(H,22,23). The highest BCUT2D eigenvalue weighted by molar-refractivity contribution is 5.95. The van der Waals surface area contributed by atoms with Crippen molar-refractivity contribution >= 4 is 16.6 Å². The number of nitriles is 1. The van der Waals surface area contributed by atoms with Gasteiger partial charge in [0.25, 0.3) is 0 Å². The lowest BCUT2D eigenvalue weighted by Gasteiger charge is -2.11. The summed E-state index contributed by atoms with van der Waals surface area (Å²) in [7, 11) is 0. The van der Waals surface area contributed by atoms with E-state index in [0.29, 0.717) is 5.69 Å². The van der Waals surface area contributed by atoms with E-state index in [1.54, 1.807) is 0 Å². The van der Waals surface area contributed by atoms with Gasteiger partial charge in [-0.05, 0) is 35.6 Å². The normalized spacial score (nSPS) is 13.6. The van der Waals surface area contributed by atoms with Crippen molar-refractivity contribution in [3.8, 4) is 17.2 Å². The van der Waals surface area contributed by atoms with Crippen molar-refractivity contribution in [3.05, 3.63) is 54.2 Å². The lowest BCUT2D eigenvalue weighted by Crippen LogP contribution is -2.06. The first kappa shape index (κ1) is 14.6. The first-order valence-electron chi connectivity index (χ1n) is 8.35. The van der Waals surface area contributed by atoms with Gasteiger partial charge in [-0.1, -0.05) is 49.2 Å². The summed E-state index contributed by atoms with van der Waals surface area (Å²) in [6, 6.07) is 18.5. The lowest BCUT2D eigenvalue weighted by atomic mass is 10.0. The molecule has 0 spiro atoms. The molecular weight excluding hydrogens is 296 g/mol. The summed E-state index contributed by atoms with van der Waals surface area (Å²) in [5.74, 6) is 0.855. The van der Waals surface area contributed by atoms with Crippen LogP contribution in [0.4, 0.5) is 5.69 Å². The maximum absolute atomic E-state index is 9.34.